The van der Waals surface area contributed by atoms with E-state index < -0.39 is 0 Å². The molecule has 0 bridgehead atoms. The molecule has 0 saturated carbocycles. The zero-order valence-corrected chi connectivity index (χ0v) is 11.7. The van der Waals surface area contributed by atoms with Crippen molar-refractivity contribution in [3.05, 3.63) is 0 Å². The maximum absolute atomic E-state index is 12.0. The van der Waals surface area contributed by atoms with Crippen molar-refractivity contribution in [2.45, 2.75) is 47.1 Å². The second kappa shape index (κ2) is 6.66. The summed E-state index contributed by atoms with van der Waals surface area (Å²) in [7, 11) is 0. The van der Waals surface area contributed by atoms with Crippen molar-refractivity contribution in [2.24, 2.45) is 23.0 Å². The number of rotatable bonds is 5. The van der Waals surface area contributed by atoms with Crippen LogP contribution < -0.4 is 11.1 Å². The third-order valence-electron chi connectivity index (χ3n) is 2.66. The van der Waals surface area contributed by atoms with E-state index in [1.165, 1.54) is 0 Å². The summed E-state index contributed by atoms with van der Waals surface area (Å²) in [5.41, 5.74) is 5.75. The Bertz CT molecular complexity index is 284. The molecule has 0 rings (SSSR count). The number of hydrogen-bond donors (Lipinski definition) is 2. The molecule has 0 aliphatic rings. The first-order valence-electron chi connectivity index (χ1n) is 6.18. The van der Waals surface area contributed by atoms with Gasteiger partial charge in [0.25, 0.3) is 0 Å². The molecule has 0 spiro atoms. The van der Waals surface area contributed by atoms with Gasteiger partial charge in [0, 0.05) is 6.54 Å². The summed E-state index contributed by atoms with van der Waals surface area (Å²) >= 11 is 0. The highest BCUT2D eigenvalue weighted by Crippen LogP contribution is 2.24. The standard InChI is InChI=1S/C14H26N2O/c1-7-12(10(2)3)16-13(17)11(9-15)8-14(4,5)6/h1,10-12H,8-9,15H2,2-6H3,(H,16,17). The molecule has 17 heavy (non-hydrogen) atoms. The Balaban J connectivity index is 4.51. The topological polar surface area (TPSA) is 55.1 Å². The van der Waals surface area contributed by atoms with Crippen LogP contribution in [0.25, 0.3) is 0 Å². The van der Waals surface area contributed by atoms with Crippen LogP contribution in [0, 0.1) is 29.6 Å². The van der Waals surface area contributed by atoms with E-state index >= 15 is 0 Å². The van der Waals surface area contributed by atoms with Gasteiger partial charge in [0.1, 0.15) is 0 Å². The molecule has 0 aliphatic heterocycles. The SMILES string of the molecule is C#CC(NC(=O)C(CN)CC(C)(C)C)C(C)C. The first-order chi connectivity index (χ1) is 7.71. The molecule has 3 nitrogen and oxygen atoms in total. The molecule has 0 aromatic heterocycles. The van der Waals surface area contributed by atoms with Crippen molar-refractivity contribution in [1.29, 1.82) is 0 Å². The lowest BCUT2D eigenvalue weighted by molar-refractivity contribution is -0.126. The minimum Gasteiger partial charge on any atom is -0.342 e. The fraction of sp³-hybridized carbons (Fsp3) is 0.786. The Morgan fingerprint density at radius 3 is 2.24 bits per heavy atom. The minimum atomic E-state index is -0.212. The van der Waals surface area contributed by atoms with Crippen molar-refractivity contribution in [2.75, 3.05) is 6.54 Å². The van der Waals surface area contributed by atoms with Crippen molar-refractivity contribution < 1.29 is 4.79 Å². The zero-order valence-electron chi connectivity index (χ0n) is 11.7. The van der Waals surface area contributed by atoms with Gasteiger partial charge in [-0.05, 0) is 17.8 Å². The summed E-state index contributed by atoms with van der Waals surface area (Å²) in [6, 6.07) is -0.212. The van der Waals surface area contributed by atoms with E-state index in [4.69, 9.17) is 12.2 Å². The Morgan fingerprint density at radius 1 is 1.41 bits per heavy atom. The van der Waals surface area contributed by atoms with E-state index in [1.54, 1.807) is 0 Å². The summed E-state index contributed by atoms with van der Waals surface area (Å²) < 4.78 is 0. The van der Waals surface area contributed by atoms with E-state index in [2.05, 4.69) is 32.0 Å². The fourth-order valence-electron chi connectivity index (χ4n) is 1.69. The molecule has 3 heteroatoms. The van der Waals surface area contributed by atoms with Gasteiger partial charge >= 0.3 is 0 Å². The number of hydrogen-bond acceptors (Lipinski definition) is 2. The van der Waals surface area contributed by atoms with Gasteiger partial charge in [-0.1, -0.05) is 40.5 Å². The summed E-state index contributed by atoms with van der Waals surface area (Å²) in [5.74, 6) is 2.64. The molecule has 0 fully saturated rings. The van der Waals surface area contributed by atoms with Gasteiger partial charge in [-0.2, -0.15) is 0 Å². The molecule has 0 aromatic carbocycles. The lowest BCUT2D eigenvalue weighted by Gasteiger charge is -2.26. The number of carbonyl (C=O) groups is 1. The Kier molecular flexibility index (Phi) is 6.26. The molecule has 1 amide bonds. The largest absolute Gasteiger partial charge is 0.342 e. The first kappa shape index (κ1) is 16.0. The van der Waals surface area contributed by atoms with Crippen LogP contribution in [-0.4, -0.2) is 18.5 Å². The van der Waals surface area contributed by atoms with Crippen LogP contribution in [0.2, 0.25) is 0 Å². The highest BCUT2D eigenvalue weighted by Gasteiger charge is 2.25. The highest BCUT2D eigenvalue weighted by atomic mass is 16.1. The molecular weight excluding hydrogens is 212 g/mol. The monoisotopic (exact) mass is 238 g/mol. The number of amides is 1. The van der Waals surface area contributed by atoms with Crippen molar-refractivity contribution in [3.8, 4) is 12.3 Å². The highest BCUT2D eigenvalue weighted by molar-refractivity contribution is 5.79. The molecule has 98 valence electrons. The number of nitrogens with two attached hydrogens (primary N) is 1. The van der Waals surface area contributed by atoms with Crippen molar-refractivity contribution >= 4 is 5.91 Å². The molecule has 3 N–H and O–H groups in total. The van der Waals surface area contributed by atoms with Gasteiger partial charge < -0.3 is 11.1 Å². The number of nitrogens with one attached hydrogen (secondary N) is 1. The Labute approximate surface area is 106 Å². The van der Waals surface area contributed by atoms with E-state index in [1.807, 2.05) is 13.8 Å². The maximum atomic E-state index is 12.0. The van der Waals surface area contributed by atoms with Gasteiger partial charge in [0.2, 0.25) is 5.91 Å². The smallest absolute Gasteiger partial charge is 0.225 e. The van der Waals surface area contributed by atoms with E-state index in [9.17, 15) is 4.79 Å². The molecule has 0 aliphatic carbocycles. The van der Waals surface area contributed by atoms with E-state index in [0.29, 0.717) is 6.54 Å². The van der Waals surface area contributed by atoms with E-state index in [0.717, 1.165) is 6.42 Å². The average Bonchev–Trinajstić information content (AvgIpc) is 2.20. The molecule has 0 heterocycles. The van der Waals surface area contributed by atoms with Gasteiger partial charge in [-0.25, -0.2) is 0 Å². The van der Waals surface area contributed by atoms with E-state index in [-0.39, 0.29) is 29.2 Å². The normalized spacial score (nSPS) is 15.2. The summed E-state index contributed by atoms with van der Waals surface area (Å²) in [4.78, 5) is 12.0. The Morgan fingerprint density at radius 2 is 1.94 bits per heavy atom. The zero-order chi connectivity index (χ0) is 13.6. The quantitative estimate of drug-likeness (QED) is 0.717. The molecule has 2 atom stereocenters. The van der Waals surface area contributed by atoms with Crippen molar-refractivity contribution in [3.63, 3.8) is 0 Å². The molecule has 0 aromatic rings. The van der Waals surface area contributed by atoms with Crippen LogP contribution in [0.15, 0.2) is 0 Å². The minimum absolute atomic E-state index is 0.0286. The molecule has 0 radical (unpaired) electrons. The third-order valence-corrected chi connectivity index (χ3v) is 2.66. The van der Waals surface area contributed by atoms with Crippen LogP contribution in [0.3, 0.4) is 0 Å². The lowest BCUT2D eigenvalue weighted by Crippen LogP contribution is -2.44. The predicted octanol–water partition coefficient (Wildman–Crippen LogP) is 1.77. The Hall–Kier alpha value is -1.01. The third kappa shape index (κ3) is 6.33. The second-order valence-electron chi connectivity index (χ2n) is 6.09. The first-order valence-corrected chi connectivity index (χ1v) is 6.18. The van der Waals surface area contributed by atoms with Crippen LogP contribution >= 0.6 is 0 Å². The molecule has 0 saturated heterocycles. The maximum Gasteiger partial charge on any atom is 0.225 e. The summed E-state index contributed by atoms with van der Waals surface area (Å²) in [6.07, 6.45) is 6.16. The number of terminal acetylenes is 1. The predicted molar refractivity (Wildman–Crippen MR) is 72.2 cm³/mol. The lowest BCUT2D eigenvalue weighted by atomic mass is 9.84. The molecule has 2 unspecified atom stereocenters. The van der Waals surface area contributed by atoms with Gasteiger partial charge in [0.15, 0.2) is 0 Å². The summed E-state index contributed by atoms with van der Waals surface area (Å²) in [6.45, 7) is 10.6. The number of carbonyl (C=O) groups excluding carboxylic acids is 1. The van der Waals surface area contributed by atoms with Gasteiger partial charge in [-0.3, -0.25) is 4.79 Å². The van der Waals surface area contributed by atoms with Gasteiger partial charge in [0.05, 0.1) is 12.0 Å². The second-order valence-corrected chi connectivity index (χ2v) is 6.09. The van der Waals surface area contributed by atoms with Crippen LogP contribution in [0.1, 0.15) is 41.0 Å². The van der Waals surface area contributed by atoms with Crippen LogP contribution in [0.4, 0.5) is 0 Å². The average molecular weight is 238 g/mol. The van der Waals surface area contributed by atoms with Crippen LogP contribution in [0.5, 0.6) is 0 Å². The molecular formula is C14H26N2O. The van der Waals surface area contributed by atoms with Crippen LogP contribution in [-0.2, 0) is 4.79 Å². The fourth-order valence-corrected chi connectivity index (χ4v) is 1.69. The van der Waals surface area contributed by atoms with Gasteiger partial charge in [-0.15, -0.1) is 6.42 Å². The summed E-state index contributed by atoms with van der Waals surface area (Å²) in [5, 5.41) is 2.88. The van der Waals surface area contributed by atoms with Crippen molar-refractivity contribution in [1.82, 2.24) is 5.32 Å².